The van der Waals surface area contributed by atoms with Crippen LogP contribution in [0.5, 0.6) is 5.75 Å². The van der Waals surface area contributed by atoms with E-state index in [4.69, 9.17) is 14.2 Å². The van der Waals surface area contributed by atoms with Crippen molar-refractivity contribution in [2.45, 2.75) is 31.3 Å². The maximum absolute atomic E-state index is 12.6. The third kappa shape index (κ3) is 2.70. The molecule has 1 unspecified atom stereocenters. The highest BCUT2D eigenvalue weighted by molar-refractivity contribution is 5.79. The molecule has 1 amide bonds. The Morgan fingerprint density at radius 1 is 1.29 bits per heavy atom. The predicted molar refractivity (Wildman–Crippen MR) is 89.1 cm³/mol. The minimum absolute atomic E-state index is 0.0582. The van der Waals surface area contributed by atoms with Gasteiger partial charge in [0.1, 0.15) is 5.75 Å². The number of fused-ring (bicyclic) bond motifs is 2. The number of nitrogens with zero attached hydrogens (tertiary/aromatic N) is 1. The van der Waals surface area contributed by atoms with Crippen LogP contribution in [0, 0.1) is 5.92 Å². The highest BCUT2D eigenvalue weighted by Crippen LogP contribution is 2.42. The third-order valence-corrected chi connectivity index (χ3v) is 5.71. The van der Waals surface area contributed by atoms with Gasteiger partial charge in [0.25, 0.3) is 0 Å². The van der Waals surface area contributed by atoms with Crippen molar-refractivity contribution < 1.29 is 19.0 Å². The van der Waals surface area contributed by atoms with E-state index in [1.54, 1.807) is 7.11 Å². The minimum atomic E-state index is -0.233. The lowest BCUT2D eigenvalue weighted by atomic mass is 9.79. The largest absolute Gasteiger partial charge is 0.497 e. The smallest absolute Gasteiger partial charge is 0.228 e. The summed E-state index contributed by atoms with van der Waals surface area (Å²) >= 11 is 0. The molecule has 1 aromatic carbocycles. The highest BCUT2D eigenvalue weighted by Gasteiger charge is 2.42. The Morgan fingerprint density at radius 3 is 2.83 bits per heavy atom. The van der Waals surface area contributed by atoms with Crippen LogP contribution in [0.2, 0.25) is 0 Å². The lowest BCUT2D eigenvalue weighted by Crippen LogP contribution is -2.49. The third-order valence-electron chi connectivity index (χ3n) is 5.71. The zero-order valence-corrected chi connectivity index (χ0v) is 14.3. The zero-order valence-electron chi connectivity index (χ0n) is 14.3. The number of hydrogen-bond donors (Lipinski definition) is 0. The van der Waals surface area contributed by atoms with Crippen molar-refractivity contribution in [3.63, 3.8) is 0 Å². The van der Waals surface area contributed by atoms with Gasteiger partial charge in [0.05, 0.1) is 31.8 Å². The molecule has 1 atom stereocenters. The Labute approximate surface area is 142 Å². The van der Waals surface area contributed by atoms with Crippen molar-refractivity contribution in [2.24, 2.45) is 5.92 Å². The molecule has 0 aliphatic carbocycles. The molecule has 0 N–H and O–H groups in total. The van der Waals surface area contributed by atoms with Gasteiger partial charge in [0, 0.05) is 19.7 Å². The molecule has 4 rings (SSSR count). The van der Waals surface area contributed by atoms with Gasteiger partial charge in [-0.05, 0) is 48.9 Å². The van der Waals surface area contributed by atoms with E-state index in [1.807, 2.05) is 11.0 Å². The lowest BCUT2D eigenvalue weighted by Gasteiger charge is -2.45. The first kappa shape index (κ1) is 15.9. The Morgan fingerprint density at radius 2 is 2.12 bits per heavy atom. The van der Waals surface area contributed by atoms with Gasteiger partial charge in [-0.2, -0.15) is 0 Å². The Balaban J connectivity index is 1.50. The van der Waals surface area contributed by atoms with Gasteiger partial charge in [0.15, 0.2) is 0 Å². The van der Waals surface area contributed by atoms with E-state index in [0.29, 0.717) is 13.2 Å². The van der Waals surface area contributed by atoms with E-state index in [1.165, 1.54) is 11.1 Å². The van der Waals surface area contributed by atoms with E-state index in [9.17, 15) is 4.79 Å². The summed E-state index contributed by atoms with van der Waals surface area (Å²) in [4.78, 5) is 14.6. The second-order valence-electron chi connectivity index (χ2n) is 7.00. The van der Waals surface area contributed by atoms with Crippen LogP contribution >= 0.6 is 0 Å². The van der Waals surface area contributed by atoms with Gasteiger partial charge in [-0.25, -0.2) is 0 Å². The molecule has 0 bridgehead atoms. The van der Waals surface area contributed by atoms with Gasteiger partial charge in [-0.15, -0.1) is 0 Å². The van der Waals surface area contributed by atoms with Crippen LogP contribution in [0.25, 0.3) is 0 Å². The molecule has 3 aliphatic rings. The van der Waals surface area contributed by atoms with E-state index in [0.717, 1.165) is 51.1 Å². The molecule has 2 fully saturated rings. The van der Waals surface area contributed by atoms with Gasteiger partial charge < -0.3 is 19.1 Å². The zero-order chi connectivity index (χ0) is 16.6. The Hall–Kier alpha value is -1.59. The minimum Gasteiger partial charge on any atom is -0.497 e. The maximum atomic E-state index is 12.6. The van der Waals surface area contributed by atoms with Crippen molar-refractivity contribution in [1.29, 1.82) is 0 Å². The first-order chi connectivity index (χ1) is 11.7. The van der Waals surface area contributed by atoms with Gasteiger partial charge in [-0.3, -0.25) is 4.79 Å². The molecular formula is C19H25NO4. The number of ether oxygens (including phenoxy) is 3. The molecule has 0 saturated carbocycles. The number of amides is 1. The number of methoxy groups -OCH3 is 1. The summed E-state index contributed by atoms with van der Waals surface area (Å²) in [5.41, 5.74) is 2.37. The quantitative estimate of drug-likeness (QED) is 0.833. The molecule has 1 aromatic rings. The molecular weight excluding hydrogens is 306 g/mol. The van der Waals surface area contributed by atoms with Gasteiger partial charge in [-0.1, -0.05) is 6.07 Å². The van der Waals surface area contributed by atoms with Crippen molar-refractivity contribution in [2.75, 3.05) is 40.0 Å². The first-order valence-corrected chi connectivity index (χ1v) is 8.90. The van der Waals surface area contributed by atoms with E-state index >= 15 is 0 Å². The Bertz CT molecular complexity index is 616. The summed E-state index contributed by atoms with van der Waals surface area (Å²) in [6.07, 6.45) is 3.52. The summed E-state index contributed by atoms with van der Waals surface area (Å²) in [7, 11) is 1.70. The standard InChI is InChI=1S/C19H25NO4/c1-22-16-2-3-17-14(12-16)5-11-24-19(17)6-8-20(9-7-19)18(21)15-4-10-23-13-15/h2-3,12,15H,4-11,13H2,1H3. The molecule has 1 spiro atoms. The molecule has 5 nitrogen and oxygen atoms in total. The number of carbonyl (C=O) groups is 1. The fourth-order valence-corrected chi connectivity index (χ4v) is 4.27. The summed E-state index contributed by atoms with van der Waals surface area (Å²) < 4.78 is 17.0. The van der Waals surface area contributed by atoms with E-state index in [-0.39, 0.29) is 17.4 Å². The normalized spacial score (nSPS) is 25.5. The molecule has 130 valence electrons. The van der Waals surface area contributed by atoms with Crippen LogP contribution in [0.4, 0.5) is 0 Å². The molecule has 3 aliphatic heterocycles. The summed E-state index contributed by atoms with van der Waals surface area (Å²) in [6, 6.07) is 6.30. The van der Waals surface area contributed by atoms with Crippen LogP contribution in [-0.4, -0.2) is 50.8 Å². The average Bonchev–Trinajstić information content (AvgIpc) is 3.16. The molecule has 5 heteroatoms. The number of likely N-dealkylation sites (tertiary alicyclic amines) is 1. The summed E-state index contributed by atoms with van der Waals surface area (Å²) in [5, 5.41) is 0. The second kappa shape index (κ2) is 6.37. The molecule has 3 heterocycles. The Kier molecular flexibility index (Phi) is 4.22. The topological polar surface area (TPSA) is 48.0 Å². The number of benzene rings is 1. The SMILES string of the molecule is COc1ccc2c(c1)CCOC21CCN(C(=O)C2CCOC2)CC1. The first-order valence-electron chi connectivity index (χ1n) is 8.90. The molecule has 0 aromatic heterocycles. The second-order valence-corrected chi connectivity index (χ2v) is 7.00. The monoisotopic (exact) mass is 331 g/mol. The van der Waals surface area contributed by atoms with Crippen molar-refractivity contribution >= 4 is 5.91 Å². The lowest BCUT2D eigenvalue weighted by molar-refractivity contribution is -0.144. The van der Waals surface area contributed by atoms with Crippen molar-refractivity contribution in [1.82, 2.24) is 4.90 Å². The number of piperidine rings is 1. The van der Waals surface area contributed by atoms with Gasteiger partial charge >= 0.3 is 0 Å². The van der Waals surface area contributed by atoms with Crippen LogP contribution in [0.15, 0.2) is 18.2 Å². The maximum Gasteiger partial charge on any atom is 0.228 e. The number of carbonyl (C=O) groups excluding carboxylic acids is 1. The van der Waals surface area contributed by atoms with Crippen LogP contribution in [-0.2, 0) is 26.3 Å². The van der Waals surface area contributed by atoms with Crippen LogP contribution < -0.4 is 4.74 Å². The fraction of sp³-hybridized carbons (Fsp3) is 0.632. The molecule has 0 radical (unpaired) electrons. The predicted octanol–water partition coefficient (Wildman–Crippen LogP) is 2.12. The van der Waals surface area contributed by atoms with Crippen LogP contribution in [0.3, 0.4) is 0 Å². The highest BCUT2D eigenvalue weighted by atomic mass is 16.5. The average molecular weight is 331 g/mol. The van der Waals surface area contributed by atoms with E-state index < -0.39 is 0 Å². The summed E-state index contributed by atoms with van der Waals surface area (Å²) in [6.45, 7) is 3.57. The van der Waals surface area contributed by atoms with Gasteiger partial charge in [0.2, 0.25) is 5.91 Å². The number of rotatable bonds is 2. The fourth-order valence-electron chi connectivity index (χ4n) is 4.27. The van der Waals surface area contributed by atoms with Crippen molar-refractivity contribution in [3.05, 3.63) is 29.3 Å². The summed E-state index contributed by atoms with van der Waals surface area (Å²) in [5.74, 6) is 1.22. The van der Waals surface area contributed by atoms with Crippen LogP contribution in [0.1, 0.15) is 30.4 Å². The van der Waals surface area contributed by atoms with E-state index in [2.05, 4.69) is 12.1 Å². The number of hydrogen-bond acceptors (Lipinski definition) is 4. The van der Waals surface area contributed by atoms with Crippen molar-refractivity contribution in [3.8, 4) is 5.75 Å². The molecule has 24 heavy (non-hydrogen) atoms. The molecule has 2 saturated heterocycles.